The Labute approximate surface area is 199 Å². The van der Waals surface area contributed by atoms with Crippen LogP contribution < -0.4 is 4.90 Å². The van der Waals surface area contributed by atoms with Gasteiger partial charge in [-0.25, -0.2) is 15.0 Å². The van der Waals surface area contributed by atoms with Crippen LogP contribution in [0.4, 0.5) is 5.82 Å². The summed E-state index contributed by atoms with van der Waals surface area (Å²) < 4.78 is 4.17. The largest absolute Gasteiger partial charge is 0.327 e. The van der Waals surface area contributed by atoms with Gasteiger partial charge in [0.2, 0.25) is 0 Å². The quantitative estimate of drug-likeness (QED) is 0.404. The third kappa shape index (κ3) is 3.61. The summed E-state index contributed by atoms with van der Waals surface area (Å²) in [5.41, 5.74) is 4.70. The van der Waals surface area contributed by atoms with Gasteiger partial charge in [-0.15, -0.1) is 0 Å². The van der Waals surface area contributed by atoms with Crippen molar-refractivity contribution in [3.8, 4) is 17.2 Å². The highest BCUT2D eigenvalue weighted by molar-refractivity contribution is 6.08. The van der Waals surface area contributed by atoms with Crippen molar-refractivity contribution in [3.63, 3.8) is 0 Å². The van der Waals surface area contributed by atoms with E-state index in [4.69, 9.17) is 4.98 Å². The predicted molar refractivity (Wildman–Crippen MR) is 131 cm³/mol. The molecule has 0 radical (unpaired) electrons. The molecule has 0 N–H and O–H groups in total. The number of pyridine rings is 1. The number of aromatic nitrogens is 5. The van der Waals surface area contributed by atoms with Crippen LogP contribution in [0.2, 0.25) is 0 Å². The van der Waals surface area contributed by atoms with E-state index in [-0.39, 0.29) is 5.91 Å². The fourth-order valence-electron chi connectivity index (χ4n) is 4.67. The zero-order valence-corrected chi connectivity index (χ0v) is 19.6. The van der Waals surface area contributed by atoms with E-state index in [1.165, 1.54) is 12.8 Å². The fraction of sp³-hybridized carbons (Fsp3) is 0.333. The second-order valence-electron chi connectivity index (χ2n) is 9.32. The third-order valence-corrected chi connectivity index (χ3v) is 7.04. The van der Waals surface area contributed by atoms with Crippen LogP contribution in [-0.4, -0.2) is 36.5 Å². The predicted octanol–water partition coefficient (Wildman–Crippen LogP) is 5.18. The summed E-state index contributed by atoms with van der Waals surface area (Å²) in [5, 5.41) is 0. The van der Waals surface area contributed by atoms with E-state index in [1.807, 2.05) is 47.6 Å². The van der Waals surface area contributed by atoms with E-state index in [9.17, 15) is 4.79 Å². The van der Waals surface area contributed by atoms with E-state index in [0.717, 1.165) is 46.9 Å². The van der Waals surface area contributed by atoms with Crippen LogP contribution in [-0.2, 0) is 6.42 Å². The molecule has 34 heavy (non-hydrogen) atoms. The highest BCUT2D eigenvalue weighted by Gasteiger charge is 2.28. The van der Waals surface area contributed by atoms with Crippen molar-refractivity contribution >= 4 is 11.7 Å². The summed E-state index contributed by atoms with van der Waals surface area (Å²) >= 11 is 0. The molecule has 2 aliphatic rings. The lowest BCUT2D eigenvalue weighted by molar-refractivity contribution is 0.0980. The van der Waals surface area contributed by atoms with Crippen LogP contribution in [0.15, 0.2) is 61.3 Å². The molecule has 1 unspecified atom stereocenters. The highest BCUT2D eigenvalue weighted by atomic mass is 16.2. The van der Waals surface area contributed by atoms with Gasteiger partial charge in [-0.2, -0.15) is 0 Å². The molecule has 1 fully saturated rings. The fourth-order valence-corrected chi connectivity index (χ4v) is 4.67. The Balaban J connectivity index is 1.31. The summed E-state index contributed by atoms with van der Waals surface area (Å²) in [4.78, 5) is 29.3. The zero-order valence-electron chi connectivity index (χ0n) is 19.6. The summed E-state index contributed by atoms with van der Waals surface area (Å²) in [6, 6.07) is 12.3. The molecule has 6 rings (SSSR count). The normalized spacial score (nSPS) is 16.5. The first kappa shape index (κ1) is 20.8. The number of fused-ring (bicyclic) bond motifs is 1. The van der Waals surface area contributed by atoms with Crippen LogP contribution >= 0.6 is 0 Å². The van der Waals surface area contributed by atoms with Crippen LogP contribution in [0.1, 0.15) is 66.7 Å². The number of carbonyl (C=O) groups excluding carboxylic acids is 1. The van der Waals surface area contributed by atoms with Crippen LogP contribution in [0.5, 0.6) is 0 Å². The number of nitrogens with zero attached hydrogens (tertiary/aromatic N) is 6. The lowest BCUT2D eigenvalue weighted by atomic mass is 9.98. The van der Waals surface area contributed by atoms with Gasteiger partial charge in [0, 0.05) is 48.3 Å². The summed E-state index contributed by atoms with van der Waals surface area (Å²) in [7, 11) is 0. The Morgan fingerprint density at radius 2 is 2.03 bits per heavy atom. The molecule has 0 saturated heterocycles. The maximum atomic E-state index is 13.6. The monoisotopic (exact) mass is 452 g/mol. The second-order valence-corrected chi connectivity index (χ2v) is 9.32. The van der Waals surface area contributed by atoms with Gasteiger partial charge in [0.05, 0.1) is 12.0 Å². The van der Waals surface area contributed by atoms with Crippen molar-refractivity contribution < 1.29 is 4.79 Å². The average molecular weight is 453 g/mol. The molecule has 1 atom stereocenters. The summed E-state index contributed by atoms with van der Waals surface area (Å²) in [6.07, 6.45) is 12.0. The number of carbonyl (C=O) groups is 1. The minimum Gasteiger partial charge on any atom is -0.327 e. The Morgan fingerprint density at radius 3 is 2.85 bits per heavy atom. The summed E-state index contributed by atoms with van der Waals surface area (Å²) in [5.74, 6) is 2.08. The standard InChI is InChI=1S/C27H28N6O/c1-3-18(2)32-14-12-28-26(32)23-5-4-6-25(30-23)33-13-11-19-9-10-21(15-22(19)27(33)34)31-16-24(29-17-31)20-7-8-20/h4-6,9-10,12,14-18,20H,3,7-8,11,13H2,1-2H3. The Kier molecular flexibility index (Phi) is 5.05. The zero-order chi connectivity index (χ0) is 23.2. The van der Waals surface area contributed by atoms with Crippen molar-refractivity contribution in [3.05, 3.63) is 78.1 Å². The van der Waals surface area contributed by atoms with E-state index in [1.54, 1.807) is 4.90 Å². The second kappa shape index (κ2) is 8.24. The molecular weight excluding hydrogens is 424 g/mol. The molecule has 1 amide bonds. The van der Waals surface area contributed by atoms with E-state index in [2.05, 4.69) is 46.7 Å². The van der Waals surface area contributed by atoms with Gasteiger partial charge in [0.15, 0.2) is 5.82 Å². The number of anilines is 1. The number of rotatable bonds is 6. The Morgan fingerprint density at radius 1 is 1.15 bits per heavy atom. The third-order valence-electron chi connectivity index (χ3n) is 7.04. The van der Waals surface area contributed by atoms with E-state index < -0.39 is 0 Å². The Bertz CT molecular complexity index is 1360. The molecule has 1 aromatic carbocycles. The lowest BCUT2D eigenvalue weighted by Gasteiger charge is -2.28. The number of hydrogen-bond acceptors (Lipinski definition) is 4. The molecule has 1 aliphatic heterocycles. The number of amides is 1. The summed E-state index contributed by atoms with van der Waals surface area (Å²) in [6.45, 7) is 4.94. The van der Waals surface area contributed by atoms with Crippen molar-refractivity contribution in [1.29, 1.82) is 0 Å². The molecule has 1 aliphatic carbocycles. The highest BCUT2D eigenvalue weighted by Crippen LogP contribution is 2.39. The Hall–Kier alpha value is -3.74. The first-order valence-corrected chi connectivity index (χ1v) is 12.1. The minimum absolute atomic E-state index is 0.0134. The number of benzene rings is 1. The van der Waals surface area contributed by atoms with Crippen molar-refractivity contribution in [2.24, 2.45) is 0 Å². The van der Waals surface area contributed by atoms with Gasteiger partial charge in [-0.05, 0) is 62.4 Å². The van der Waals surface area contributed by atoms with E-state index >= 15 is 0 Å². The first-order chi connectivity index (χ1) is 16.6. The number of hydrogen-bond donors (Lipinski definition) is 0. The van der Waals surface area contributed by atoms with Crippen molar-refractivity contribution in [2.75, 3.05) is 11.4 Å². The molecule has 7 nitrogen and oxygen atoms in total. The molecule has 3 aromatic heterocycles. The van der Waals surface area contributed by atoms with Crippen molar-refractivity contribution in [2.45, 2.75) is 51.5 Å². The minimum atomic E-state index is -0.0134. The van der Waals surface area contributed by atoms with Gasteiger partial charge in [-0.3, -0.25) is 9.69 Å². The number of imidazole rings is 2. The molecule has 4 heterocycles. The maximum absolute atomic E-state index is 13.6. The molecular formula is C27H28N6O. The average Bonchev–Trinajstić information content (AvgIpc) is 3.39. The molecule has 4 aromatic rings. The van der Waals surface area contributed by atoms with E-state index in [0.29, 0.717) is 24.3 Å². The molecule has 0 bridgehead atoms. The van der Waals surface area contributed by atoms with Gasteiger partial charge in [0.1, 0.15) is 11.5 Å². The van der Waals surface area contributed by atoms with Gasteiger partial charge in [-0.1, -0.05) is 19.1 Å². The smallest absolute Gasteiger partial charge is 0.259 e. The van der Waals surface area contributed by atoms with Crippen LogP contribution in [0.3, 0.4) is 0 Å². The molecule has 1 saturated carbocycles. The van der Waals surface area contributed by atoms with Crippen LogP contribution in [0.25, 0.3) is 17.2 Å². The first-order valence-electron chi connectivity index (χ1n) is 12.1. The van der Waals surface area contributed by atoms with Gasteiger partial charge >= 0.3 is 0 Å². The topological polar surface area (TPSA) is 68.8 Å². The molecule has 7 heteroatoms. The lowest BCUT2D eigenvalue weighted by Crippen LogP contribution is -2.38. The SMILES string of the molecule is CCC(C)n1ccnc1-c1cccc(N2CCc3ccc(-n4cnc(C5CC5)c4)cc3C2=O)n1. The van der Waals surface area contributed by atoms with Crippen molar-refractivity contribution in [1.82, 2.24) is 24.1 Å². The molecule has 0 spiro atoms. The van der Waals surface area contributed by atoms with Gasteiger partial charge in [0.25, 0.3) is 5.91 Å². The molecule has 172 valence electrons. The van der Waals surface area contributed by atoms with Crippen LogP contribution in [0, 0.1) is 0 Å². The maximum Gasteiger partial charge on any atom is 0.259 e. The van der Waals surface area contributed by atoms with Gasteiger partial charge < -0.3 is 9.13 Å².